The molecule has 0 spiro atoms. The second-order valence-electron chi connectivity index (χ2n) is 4.57. The molecule has 3 heteroatoms. The molecule has 16 heavy (non-hydrogen) atoms. The zero-order valence-electron chi connectivity index (χ0n) is 9.38. The third-order valence-electron chi connectivity index (χ3n) is 3.37. The Balaban J connectivity index is 2.04. The molecule has 0 radical (unpaired) electrons. The van der Waals surface area contributed by atoms with Crippen molar-refractivity contribution >= 4 is 11.6 Å². The second kappa shape index (κ2) is 3.51. The molecule has 0 fully saturated rings. The van der Waals surface area contributed by atoms with Crippen LogP contribution in [0.3, 0.4) is 0 Å². The first kappa shape index (κ1) is 9.70. The SMILES string of the molecule is CC1Oc2cc3c(cc2NC1=O)CCCC3. The number of fused-ring (bicyclic) bond motifs is 2. The summed E-state index contributed by atoms with van der Waals surface area (Å²) in [6.07, 6.45) is 4.38. The van der Waals surface area contributed by atoms with E-state index in [9.17, 15) is 4.79 Å². The Hall–Kier alpha value is -1.51. The van der Waals surface area contributed by atoms with Gasteiger partial charge in [-0.3, -0.25) is 4.79 Å². The zero-order chi connectivity index (χ0) is 11.1. The smallest absolute Gasteiger partial charge is 0.265 e. The summed E-state index contributed by atoms with van der Waals surface area (Å²) in [5.74, 6) is 0.774. The van der Waals surface area contributed by atoms with Crippen LogP contribution < -0.4 is 10.1 Å². The molecule has 1 aliphatic carbocycles. The molecular weight excluding hydrogens is 202 g/mol. The van der Waals surface area contributed by atoms with Crippen LogP contribution in [0, 0.1) is 0 Å². The van der Waals surface area contributed by atoms with E-state index in [2.05, 4.69) is 17.4 Å². The number of anilines is 1. The molecule has 0 saturated carbocycles. The lowest BCUT2D eigenvalue weighted by Gasteiger charge is -2.26. The molecule has 1 aromatic rings. The van der Waals surface area contributed by atoms with Crippen molar-refractivity contribution in [3.8, 4) is 5.75 Å². The van der Waals surface area contributed by atoms with E-state index in [1.165, 1.54) is 24.0 Å². The Labute approximate surface area is 94.8 Å². The maximum absolute atomic E-state index is 11.5. The van der Waals surface area contributed by atoms with Crippen molar-refractivity contribution in [2.75, 3.05) is 5.32 Å². The summed E-state index contributed by atoms with van der Waals surface area (Å²) < 4.78 is 5.60. The Morgan fingerprint density at radius 3 is 2.69 bits per heavy atom. The van der Waals surface area contributed by atoms with Crippen LogP contribution in [-0.4, -0.2) is 12.0 Å². The lowest BCUT2D eigenvalue weighted by molar-refractivity contribution is -0.122. The molecule has 1 heterocycles. The second-order valence-corrected chi connectivity index (χ2v) is 4.57. The average Bonchev–Trinajstić information content (AvgIpc) is 2.28. The quantitative estimate of drug-likeness (QED) is 0.724. The van der Waals surface area contributed by atoms with Crippen LogP contribution >= 0.6 is 0 Å². The molecule has 1 aliphatic heterocycles. The number of hydrogen-bond donors (Lipinski definition) is 1. The number of rotatable bonds is 0. The lowest BCUT2D eigenvalue weighted by atomic mass is 9.91. The van der Waals surface area contributed by atoms with Gasteiger partial charge < -0.3 is 10.1 Å². The standard InChI is InChI=1S/C13H15NO2/c1-8-13(15)14-11-6-9-4-2-3-5-10(9)7-12(11)16-8/h6-8H,2-5H2,1H3,(H,14,15). The molecule has 2 aliphatic rings. The fourth-order valence-electron chi connectivity index (χ4n) is 2.44. The summed E-state index contributed by atoms with van der Waals surface area (Å²) in [7, 11) is 0. The topological polar surface area (TPSA) is 38.3 Å². The molecule has 1 aromatic carbocycles. The lowest BCUT2D eigenvalue weighted by Crippen LogP contribution is -2.34. The summed E-state index contributed by atoms with van der Waals surface area (Å²) >= 11 is 0. The van der Waals surface area contributed by atoms with E-state index < -0.39 is 0 Å². The minimum Gasteiger partial charge on any atom is -0.479 e. The molecule has 1 atom stereocenters. The molecule has 1 N–H and O–H groups in total. The van der Waals surface area contributed by atoms with Crippen molar-refractivity contribution in [3.05, 3.63) is 23.3 Å². The molecule has 0 aromatic heterocycles. The average molecular weight is 217 g/mol. The molecule has 3 nitrogen and oxygen atoms in total. The summed E-state index contributed by atoms with van der Waals surface area (Å²) in [5.41, 5.74) is 3.58. The minimum absolute atomic E-state index is 0.0525. The van der Waals surface area contributed by atoms with Gasteiger partial charge in [-0.1, -0.05) is 0 Å². The third kappa shape index (κ3) is 1.47. The van der Waals surface area contributed by atoms with Gasteiger partial charge in [-0.05, 0) is 55.9 Å². The van der Waals surface area contributed by atoms with Crippen LogP contribution in [0.15, 0.2) is 12.1 Å². The summed E-state index contributed by atoms with van der Waals surface area (Å²) in [4.78, 5) is 11.5. The highest BCUT2D eigenvalue weighted by molar-refractivity contribution is 5.97. The van der Waals surface area contributed by atoms with Crippen molar-refractivity contribution in [3.63, 3.8) is 0 Å². The fraction of sp³-hybridized carbons (Fsp3) is 0.462. The maximum atomic E-state index is 11.5. The number of benzene rings is 1. The number of hydrogen-bond acceptors (Lipinski definition) is 2. The number of carbonyl (C=O) groups is 1. The number of aryl methyl sites for hydroxylation is 2. The molecule has 84 valence electrons. The zero-order valence-corrected chi connectivity index (χ0v) is 9.38. The van der Waals surface area contributed by atoms with E-state index in [0.717, 1.165) is 24.3 Å². The van der Waals surface area contributed by atoms with Gasteiger partial charge in [0, 0.05) is 0 Å². The third-order valence-corrected chi connectivity index (χ3v) is 3.37. The van der Waals surface area contributed by atoms with E-state index in [0.29, 0.717) is 0 Å². The van der Waals surface area contributed by atoms with Gasteiger partial charge in [-0.2, -0.15) is 0 Å². The molecule has 1 amide bonds. The Bertz CT molecular complexity index is 453. The molecule has 3 rings (SSSR count). The number of carbonyl (C=O) groups excluding carboxylic acids is 1. The van der Waals surface area contributed by atoms with Gasteiger partial charge in [-0.15, -0.1) is 0 Å². The minimum atomic E-state index is -0.380. The molecule has 1 unspecified atom stereocenters. The molecule has 0 saturated heterocycles. The molecule has 0 bridgehead atoms. The highest BCUT2D eigenvalue weighted by Crippen LogP contribution is 2.35. The van der Waals surface area contributed by atoms with Gasteiger partial charge in [0.1, 0.15) is 5.75 Å². The first-order valence-electron chi connectivity index (χ1n) is 5.87. The normalized spacial score (nSPS) is 22.8. The fourth-order valence-corrected chi connectivity index (χ4v) is 2.44. The van der Waals surface area contributed by atoms with E-state index in [4.69, 9.17) is 4.74 Å². The van der Waals surface area contributed by atoms with Crippen molar-refractivity contribution in [1.29, 1.82) is 0 Å². The van der Waals surface area contributed by atoms with Gasteiger partial charge >= 0.3 is 0 Å². The van der Waals surface area contributed by atoms with Crippen LogP contribution in [0.5, 0.6) is 5.75 Å². The number of ether oxygens (including phenoxy) is 1. The monoisotopic (exact) mass is 217 g/mol. The van der Waals surface area contributed by atoms with Gasteiger partial charge in [0.05, 0.1) is 5.69 Å². The predicted molar refractivity (Wildman–Crippen MR) is 61.8 cm³/mol. The van der Waals surface area contributed by atoms with E-state index in [1.54, 1.807) is 6.92 Å². The summed E-state index contributed by atoms with van der Waals surface area (Å²) in [5, 5.41) is 2.90. The largest absolute Gasteiger partial charge is 0.479 e. The Morgan fingerprint density at radius 2 is 1.94 bits per heavy atom. The summed E-state index contributed by atoms with van der Waals surface area (Å²) in [6.45, 7) is 1.78. The van der Waals surface area contributed by atoms with Crippen LogP contribution in [0.1, 0.15) is 30.9 Å². The first-order valence-corrected chi connectivity index (χ1v) is 5.87. The van der Waals surface area contributed by atoms with E-state index in [-0.39, 0.29) is 12.0 Å². The van der Waals surface area contributed by atoms with Crippen molar-refractivity contribution < 1.29 is 9.53 Å². The number of nitrogens with one attached hydrogen (secondary N) is 1. The van der Waals surface area contributed by atoms with Gasteiger partial charge in [0.25, 0.3) is 5.91 Å². The Morgan fingerprint density at radius 1 is 1.25 bits per heavy atom. The van der Waals surface area contributed by atoms with Gasteiger partial charge in [-0.25, -0.2) is 0 Å². The van der Waals surface area contributed by atoms with E-state index >= 15 is 0 Å². The van der Waals surface area contributed by atoms with Crippen LogP contribution in [0.4, 0.5) is 5.69 Å². The van der Waals surface area contributed by atoms with Crippen molar-refractivity contribution in [2.45, 2.75) is 38.7 Å². The molecular formula is C13H15NO2. The van der Waals surface area contributed by atoms with Crippen LogP contribution in [-0.2, 0) is 17.6 Å². The van der Waals surface area contributed by atoms with Crippen molar-refractivity contribution in [2.24, 2.45) is 0 Å². The number of amides is 1. The van der Waals surface area contributed by atoms with Crippen LogP contribution in [0.2, 0.25) is 0 Å². The van der Waals surface area contributed by atoms with Gasteiger partial charge in [0.2, 0.25) is 0 Å². The predicted octanol–water partition coefficient (Wildman–Crippen LogP) is 2.28. The van der Waals surface area contributed by atoms with Crippen LogP contribution in [0.25, 0.3) is 0 Å². The maximum Gasteiger partial charge on any atom is 0.265 e. The highest BCUT2D eigenvalue weighted by atomic mass is 16.5. The first-order chi connectivity index (χ1) is 7.74. The Kier molecular flexibility index (Phi) is 2.13. The van der Waals surface area contributed by atoms with Crippen molar-refractivity contribution in [1.82, 2.24) is 0 Å². The van der Waals surface area contributed by atoms with Gasteiger partial charge in [0.15, 0.2) is 6.10 Å². The highest BCUT2D eigenvalue weighted by Gasteiger charge is 2.25. The van der Waals surface area contributed by atoms with E-state index in [1.807, 2.05) is 0 Å². The summed E-state index contributed by atoms with van der Waals surface area (Å²) in [6, 6.07) is 4.17.